The first kappa shape index (κ1) is 25.5. The standard InChI is InChI=1S/C10H15FN5O12P3S/c11-4-3(1-25-31(24,32)28-30(22,23)27-29(19,20)21)26-9(6(4)17)16-2-13-5-7(16)14-10(12)15-8(5)18/h2-4,6,9,17H,1H2,(H,22,23)(H,24,32)(H2,19,20,21)(H3,12,14,15,18)/t3-,4+,6?,9-,31?/m1/s1. The normalized spacial score (nSPS) is 27.9. The summed E-state index contributed by atoms with van der Waals surface area (Å²) in [5.41, 5.74) is 4.47. The van der Waals surface area contributed by atoms with Crippen LogP contribution in [-0.4, -0.2) is 69.2 Å². The van der Waals surface area contributed by atoms with Gasteiger partial charge in [-0.05, 0) is 11.8 Å². The summed E-state index contributed by atoms with van der Waals surface area (Å²) in [6, 6.07) is 0. The Hall–Kier alpha value is -1.17. The molecule has 180 valence electrons. The number of H-pyrrole nitrogens is 1. The molecule has 3 heterocycles. The molecule has 22 heteroatoms. The number of alkyl halides is 1. The number of hydrogen-bond donors (Lipinski definition) is 7. The Morgan fingerprint density at radius 1 is 1.31 bits per heavy atom. The van der Waals surface area contributed by atoms with E-state index in [1.165, 1.54) is 0 Å². The van der Waals surface area contributed by atoms with E-state index in [0.29, 0.717) is 0 Å². The molecule has 17 nitrogen and oxygen atoms in total. The summed E-state index contributed by atoms with van der Waals surface area (Å²) in [6.07, 6.45) is -6.05. The second-order valence-electron chi connectivity index (χ2n) is 6.16. The van der Waals surface area contributed by atoms with E-state index in [2.05, 4.69) is 39.9 Å². The Bertz CT molecular complexity index is 1220. The van der Waals surface area contributed by atoms with Crippen LogP contribution in [0.4, 0.5) is 10.3 Å². The predicted molar refractivity (Wildman–Crippen MR) is 104 cm³/mol. The Morgan fingerprint density at radius 2 is 1.97 bits per heavy atom. The molecule has 1 fully saturated rings. The number of nitrogen functional groups attached to an aromatic ring is 1. The van der Waals surface area contributed by atoms with Crippen LogP contribution in [0, 0.1) is 0 Å². The van der Waals surface area contributed by atoms with Crippen LogP contribution in [0.25, 0.3) is 11.2 Å². The smallest absolute Gasteiger partial charge is 0.385 e. The number of aliphatic hydroxyl groups excluding tert-OH is 1. The molecular formula is C10H15FN5O12P3S. The summed E-state index contributed by atoms with van der Waals surface area (Å²) in [7, 11) is -11.0. The highest BCUT2D eigenvalue weighted by atomic mass is 32.5. The Kier molecular flexibility index (Phi) is 7.07. The van der Waals surface area contributed by atoms with Crippen molar-refractivity contribution in [2.24, 2.45) is 0 Å². The van der Waals surface area contributed by atoms with E-state index in [9.17, 15) is 33.2 Å². The first-order valence-electron chi connectivity index (χ1n) is 8.07. The molecule has 3 rings (SSSR count). The fraction of sp³-hybridized carbons (Fsp3) is 0.500. The number of ether oxygens (including phenoxy) is 1. The lowest BCUT2D eigenvalue weighted by Crippen LogP contribution is -2.30. The average molecular weight is 541 g/mol. The minimum Gasteiger partial charge on any atom is -0.385 e. The molecule has 32 heavy (non-hydrogen) atoms. The number of aliphatic hydroxyl groups is 1. The maximum atomic E-state index is 14.5. The Balaban J connectivity index is 1.72. The largest absolute Gasteiger partial charge is 0.488 e. The summed E-state index contributed by atoms with van der Waals surface area (Å²) in [6.45, 7) is -5.63. The number of phosphoric acid groups is 2. The molecule has 6 atom stereocenters. The molecule has 0 amide bonds. The Labute approximate surface area is 181 Å². The number of nitrogens with two attached hydrogens (primary N) is 1. The van der Waals surface area contributed by atoms with Gasteiger partial charge in [0.05, 0.1) is 12.9 Å². The number of hydrogen-bond acceptors (Lipinski definition) is 12. The quantitative estimate of drug-likeness (QED) is 0.193. The van der Waals surface area contributed by atoms with Gasteiger partial charge in [-0.1, -0.05) is 0 Å². The monoisotopic (exact) mass is 541 g/mol. The van der Waals surface area contributed by atoms with Crippen LogP contribution >= 0.6 is 22.4 Å². The van der Waals surface area contributed by atoms with Gasteiger partial charge < -0.3 is 39.7 Å². The van der Waals surface area contributed by atoms with Crippen LogP contribution in [0.5, 0.6) is 0 Å². The zero-order valence-corrected chi connectivity index (χ0v) is 18.7. The van der Waals surface area contributed by atoms with E-state index in [-0.39, 0.29) is 17.1 Å². The van der Waals surface area contributed by atoms with Crippen LogP contribution in [0.3, 0.4) is 0 Å². The van der Waals surface area contributed by atoms with Crippen molar-refractivity contribution in [2.45, 2.75) is 24.6 Å². The first-order chi connectivity index (χ1) is 14.6. The predicted octanol–water partition coefficient (Wildman–Crippen LogP) is -1.24. The van der Waals surface area contributed by atoms with Crippen molar-refractivity contribution in [3.8, 4) is 0 Å². The van der Waals surface area contributed by atoms with Gasteiger partial charge in [-0.2, -0.15) is 9.29 Å². The maximum Gasteiger partial charge on any atom is 0.488 e. The van der Waals surface area contributed by atoms with Crippen LogP contribution in [0.1, 0.15) is 6.23 Å². The summed E-state index contributed by atoms with van der Waals surface area (Å²) in [5.74, 6) is -0.280. The average Bonchev–Trinajstić information content (AvgIpc) is 3.12. The molecule has 0 radical (unpaired) electrons. The van der Waals surface area contributed by atoms with Gasteiger partial charge in [0.2, 0.25) is 5.95 Å². The minimum atomic E-state index is -5.55. The molecular weight excluding hydrogens is 526 g/mol. The third-order valence-electron chi connectivity index (χ3n) is 3.83. The molecule has 8 N–H and O–H groups in total. The zero-order valence-electron chi connectivity index (χ0n) is 15.2. The van der Waals surface area contributed by atoms with Crippen molar-refractivity contribution in [1.29, 1.82) is 0 Å². The fourth-order valence-corrected chi connectivity index (χ4v) is 6.64. The zero-order chi connectivity index (χ0) is 24.1. The molecule has 0 spiro atoms. The van der Waals surface area contributed by atoms with Gasteiger partial charge in [0.1, 0.15) is 12.2 Å². The van der Waals surface area contributed by atoms with E-state index in [0.717, 1.165) is 10.9 Å². The number of aromatic amines is 1. The molecule has 3 unspecified atom stereocenters. The number of anilines is 1. The molecule has 0 aliphatic carbocycles. The van der Waals surface area contributed by atoms with E-state index >= 15 is 0 Å². The number of aromatic nitrogens is 4. The van der Waals surface area contributed by atoms with Crippen molar-refractivity contribution in [3.63, 3.8) is 0 Å². The van der Waals surface area contributed by atoms with Gasteiger partial charge in [0, 0.05) is 0 Å². The molecule has 2 aromatic heterocycles. The Morgan fingerprint density at radius 3 is 2.59 bits per heavy atom. The van der Waals surface area contributed by atoms with Gasteiger partial charge in [-0.15, -0.1) is 0 Å². The molecule has 0 saturated carbocycles. The first-order valence-corrected chi connectivity index (χ1v) is 13.7. The number of halogens is 1. The van der Waals surface area contributed by atoms with Gasteiger partial charge in [-0.3, -0.25) is 14.3 Å². The summed E-state index contributed by atoms with van der Waals surface area (Å²) in [5, 5.41) is 10.2. The van der Waals surface area contributed by atoms with Gasteiger partial charge in [0.25, 0.3) is 5.56 Å². The van der Waals surface area contributed by atoms with E-state index in [1.807, 2.05) is 0 Å². The highest BCUT2D eigenvalue weighted by Crippen LogP contribution is 2.66. The summed E-state index contributed by atoms with van der Waals surface area (Å²) >= 11 is 4.42. The lowest BCUT2D eigenvalue weighted by Gasteiger charge is -2.21. The topological polar surface area (TPSA) is 262 Å². The molecule has 1 saturated heterocycles. The number of fused-ring (bicyclic) bond motifs is 1. The lowest BCUT2D eigenvalue weighted by atomic mass is 10.1. The number of nitrogens with zero attached hydrogens (tertiary/aromatic N) is 3. The third-order valence-corrected chi connectivity index (χ3v) is 8.55. The van der Waals surface area contributed by atoms with Crippen LogP contribution in [0.2, 0.25) is 0 Å². The van der Waals surface area contributed by atoms with Gasteiger partial charge in [0.15, 0.2) is 23.6 Å². The highest BCUT2D eigenvalue weighted by Gasteiger charge is 2.47. The maximum absolute atomic E-state index is 14.5. The van der Waals surface area contributed by atoms with E-state index in [1.54, 1.807) is 0 Å². The summed E-state index contributed by atoms with van der Waals surface area (Å²) in [4.78, 5) is 57.8. The van der Waals surface area contributed by atoms with E-state index < -0.39 is 59.1 Å². The van der Waals surface area contributed by atoms with Crippen molar-refractivity contribution in [1.82, 2.24) is 19.5 Å². The second kappa shape index (κ2) is 8.88. The van der Waals surface area contributed by atoms with Crippen LogP contribution < -0.4 is 11.3 Å². The third kappa shape index (κ3) is 5.84. The van der Waals surface area contributed by atoms with Crippen molar-refractivity contribution in [3.05, 3.63) is 16.7 Å². The van der Waals surface area contributed by atoms with Crippen molar-refractivity contribution in [2.75, 3.05) is 12.3 Å². The minimum absolute atomic E-state index is 0.129. The number of rotatable bonds is 8. The van der Waals surface area contributed by atoms with Gasteiger partial charge >= 0.3 is 22.4 Å². The molecule has 0 bridgehead atoms. The lowest BCUT2D eigenvalue weighted by molar-refractivity contribution is -0.0474. The summed E-state index contributed by atoms with van der Waals surface area (Å²) < 4.78 is 55.2. The van der Waals surface area contributed by atoms with Crippen molar-refractivity contribution >= 4 is 51.3 Å². The second-order valence-corrected chi connectivity index (χ2v) is 12.0. The molecule has 1 aliphatic heterocycles. The highest BCUT2D eigenvalue weighted by molar-refractivity contribution is 8.08. The van der Waals surface area contributed by atoms with Gasteiger partial charge in [-0.25, -0.2) is 22.8 Å². The fourth-order valence-electron chi connectivity index (χ4n) is 2.67. The SMILES string of the molecule is Nc1nc2c(ncn2[C@@H]2O[C@H](COP(O)(=S)OP(=O)(O)OP(=O)(O)O)[C@H](F)C2O)c(=O)[nH]1. The van der Waals surface area contributed by atoms with E-state index in [4.69, 9.17) is 20.3 Å². The molecule has 1 aliphatic rings. The number of imidazole rings is 1. The van der Waals surface area contributed by atoms with Crippen LogP contribution in [-0.2, 0) is 38.8 Å². The molecule has 2 aromatic rings. The number of nitrogens with one attached hydrogen (secondary N) is 1. The van der Waals surface area contributed by atoms with Crippen LogP contribution in [0.15, 0.2) is 11.1 Å². The van der Waals surface area contributed by atoms with Crippen molar-refractivity contribution < 1.29 is 56.1 Å². The molecule has 0 aromatic carbocycles.